The number of nitrogens with one attached hydrogen (secondary N) is 2. The third-order valence-electron chi connectivity index (χ3n) is 8.06. The molecule has 202 valence electrons. The van der Waals surface area contributed by atoms with Gasteiger partial charge in [0, 0.05) is 56.0 Å². The number of aromatic nitrogens is 4. The van der Waals surface area contributed by atoms with Crippen LogP contribution in [0.3, 0.4) is 0 Å². The number of nitrogens with zero attached hydrogens (tertiary/aromatic N) is 6. The maximum atomic E-state index is 13.0. The average Bonchev–Trinajstić information content (AvgIpc) is 3.41. The minimum Gasteiger partial charge on any atom is -0.385 e. The summed E-state index contributed by atoms with van der Waals surface area (Å²) in [5.74, 6) is 0.528. The van der Waals surface area contributed by atoms with Gasteiger partial charge in [-0.3, -0.25) is 9.78 Å². The molecule has 2 aliphatic heterocycles. The van der Waals surface area contributed by atoms with Gasteiger partial charge in [-0.1, -0.05) is 0 Å². The van der Waals surface area contributed by atoms with Gasteiger partial charge in [0.05, 0.1) is 11.3 Å². The summed E-state index contributed by atoms with van der Waals surface area (Å²) in [6, 6.07) is 15.5. The molecule has 39 heavy (non-hydrogen) atoms. The number of anilines is 3. The third kappa shape index (κ3) is 5.17. The number of carbonyl (C=O) groups is 1. The second-order valence-corrected chi connectivity index (χ2v) is 10.5. The van der Waals surface area contributed by atoms with E-state index in [9.17, 15) is 9.90 Å². The number of aliphatic hydroxyl groups is 1. The molecule has 10 nitrogen and oxygen atoms in total. The average molecular weight is 527 g/mol. The highest BCUT2D eigenvalue weighted by Crippen LogP contribution is 2.35. The van der Waals surface area contributed by atoms with Crippen LogP contribution in [0, 0.1) is 0 Å². The van der Waals surface area contributed by atoms with Crippen LogP contribution in [0.25, 0.3) is 5.65 Å². The van der Waals surface area contributed by atoms with Crippen LogP contribution >= 0.6 is 0 Å². The van der Waals surface area contributed by atoms with Crippen LogP contribution in [-0.4, -0.2) is 74.8 Å². The molecule has 5 heterocycles. The molecule has 1 amide bonds. The fourth-order valence-electron chi connectivity index (χ4n) is 5.65. The van der Waals surface area contributed by atoms with Crippen LogP contribution in [0.5, 0.6) is 0 Å². The molecule has 0 spiro atoms. The molecule has 6 rings (SSSR count). The molecule has 0 bridgehead atoms. The molecule has 1 aromatic carbocycles. The number of rotatable bonds is 6. The Morgan fingerprint density at radius 3 is 2.51 bits per heavy atom. The largest absolute Gasteiger partial charge is 0.385 e. The zero-order chi connectivity index (χ0) is 26.8. The van der Waals surface area contributed by atoms with Crippen LogP contribution in [-0.2, 0) is 5.60 Å². The van der Waals surface area contributed by atoms with Crippen molar-refractivity contribution in [3.63, 3.8) is 0 Å². The van der Waals surface area contributed by atoms with E-state index in [4.69, 9.17) is 4.98 Å². The maximum Gasteiger partial charge on any atom is 0.253 e. The Kier molecular flexibility index (Phi) is 6.88. The molecule has 2 aliphatic rings. The lowest BCUT2D eigenvalue weighted by molar-refractivity contribution is 0.0117. The van der Waals surface area contributed by atoms with Crippen LogP contribution in [0.4, 0.5) is 17.3 Å². The van der Waals surface area contributed by atoms with Gasteiger partial charge >= 0.3 is 0 Å². The number of piperidine rings is 2. The second-order valence-electron chi connectivity index (χ2n) is 10.5. The van der Waals surface area contributed by atoms with Gasteiger partial charge in [0.1, 0.15) is 0 Å². The van der Waals surface area contributed by atoms with E-state index < -0.39 is 5.60 Å². The van der Waals surface area contributed by atoms with Crippen molar-refractivity contribution in [2.45, 2.75) is 37.3 Å². The summed E-state index contributed by atoms with van der Waals surface area (Å²) in [6.07, 6.45) is 8.53. The molecule has 2 saturated heterocycles. The van der Waals surface area contributed by atoms with E-state index in [-0.39, 0.29) is 11.9 Å². The fourth-order valence-corrected chi connectivity index (χ4v) is 5.65. The molecular formula is C29H34N8O2. The van der Waals surface area contributed by atoms with Gasteiger partial charge in [-0.15, -0.1) is 5.10 Å². The number of hydrogen-bond acceptors (Lipinski definition) is 8. The minimum absolute atomic E-state index is 0.0429. The Labute approximate surface area is 227 Å². The smallest absolute Gasteiger partial charge is 0.253 e. The van der Waals surface area contributed by atoms with Crippen molar-refractivity contribution in [2.24, 2.45) is 0 Å². The van der Waals surface area contributed by atoms with E-state index in [2.05, 4.69) is 25.6 Å². The molecule has 0 unspecified atom stereocenters. The molecule has 2 fully saturated rings. The van der Waals surface area contributed by atoms with Gasteiger partial charge < -0.3 is 25.5 Å². The van der Waals surface area contributed by atoms with Gasteiger partial charge in [0.2, 0.25) is 5.95 Å². The topological polar surface area (TPSA) is 111 Å². The quantitative estimate of drug-likeness (QED) is 0.351. The summed E-state index contributed by atoms with van der Waals surface area (Å²) < 4.78 is 1.77. The minimum atomic E-state index is -0.846. The van der Waals surface area contributed by atoms with E-state index >= 15 is 0 Å². The Hall–Kier alpha value is -4.02. The van der Waals surface area contributed by atoms with Crippen molar-refractivity contribution in [3.8, 4) is 0 Å². The number of pyridine rings is 2. The summed E-state index contributed by atoms with van der Waals surface area (Å²) in [4.78, 5) is 25.9. The molecule has 3 aromatic heterocycles. The first kappa shape index (κ1) is 25.3. The summed E-state index contributed by atoms with van der Waals surface area (Å²) in [6.45, 7) is 3.31. The molecule has 0 atom stereocenters. The van der Waals surface area contributed by atoms with Gasteiger partial charge in [-0.2, -0.15) is 4.98 Å². The van der Waals surface area contributed by atoms with E-state index in [0.717, 1.165) is 48.5 Å². The SMILES string of the molecule is CN(C(=O)c1ccc(Nc2nc3c(N4CCC(O)(c5ccncc5)CC4)cccn3n2)cc1)C1CCNCC1. The summed E-state index contributed by atoms with van der Waals surface area (Å²) in [5.41, 5.74) is 3.29. The van der Waals surface area contributed by atoms with Crippen molar-refractivity contribution in [2.75, 3.05) is 43.4 Å². The number of hydrogen-bond donors (Lipinski definition) is 3. The van der Waals surface area contributed by atoms with Gasteiger partial charge in [0.25, 0.3) is 5.91 Å². The molecule has 0 aliphatic carbocycles. The first-order valence-electron chi connectivity index (χ1n) is 13.6. The monoisotopic (exact) mass is 526 g/mol. The molecule has 3 N–H and O–H groups in total. The summed E-state index contributed by atoms with van der Waals surface area (Å²) in [5, 5.41) is 22.5. The van der Waals surface area contributed by atoms with Gasteiger partial charge in [-0.05, 0) is 92.9 Å². The molecular weight excluding hydrogens is 492 g/mol. The Balaban J connectivity index is 1.14. The standard InChI is InChI=1S/C29H34N8O2/c1-35(24-10-16-31-17-11-24)27(38)21-4-6-23(7-5-21)32-28-33-26-25(3-2-18-37(26)34-28)36-19-12-29(39,13-20-36)22-8-14-30-15-9-22/h2-9,14-15,18,24,31,39H,10-13,16-17,19-20H2,1H3,(H,32,34). The van der Waals surface area contributed by atoms with Gasteiger partial charge in [0.15, 0.2) is 5.65 Å². The van der Waals surface area contributed by atoms with E-state index in [1.807, 2.05) is 66.7 Å². The van der Waals surface area contributed by atoms with Crippen LogP contribution in [0.1, 0.15) is 41.6 Å². The van der Waals surface area contributed by atoms with E-state index in [1.54, 1.807) is 16.9 Å². The number of fused-ring (bicyclic) bond motifs is 1. The third-order valence-corrected chi connectivity index (χ3v) is 8.06. The van der Waals surface area contributed by atoms with Crippen molar-refractivity contribution in [3.05, 3.63) is 78.2 Å². The van der Waals surface area contributed by atoms with Crippen LogP contribution in [0.15, 0.2) is 67.1 Å². The van der Waals surface area contributed by atoms with E-state index in [1.165, 1.54) is 0 Å². The predicted molar refractivity (Wildman–Crippen MR) is 150 cm³/mol. The van der Waals surface area contributed by atoms with Crippen LogP contribution < -0.4 is 15.5 Å². The normalized spacial score (nSPS) is 17.7. The maximum absolute atomic E-state index is 13.0. The first-order chi connectivity index (χ1) is 19.0. The first-order valence-corrected chi connectivity index (χ1v) is 13.6. The predicted octanol–water partition coefficient (Wildman–Crippen LogP) is 3.18. The molecule has 0 saturated carbocycles. The zero-order valence-corrected chi connectivity index (χ0v) is 22.1. The molecule has 0 radical (unpaired) electrons. The number of amides is 1. The van der Waals surface area contributed by atoms with Gasteiger partial charge in [-0.25, -0.2) is 4.52 Å². The number of benzene rings is 1. The van der Waals surface area contributed by atoms with E-state index in [0.29, 0.717) is 37.4 Å². The highest BCUT2D eigenvalue weighted by molar-refractivity contribution is 5.94. The highest BCUT2D eigenvalue weighted by atomic mass is 16.3. The van der Waals surface area contributed by atoms with Crippen molar-refractivity contribution in [1.82, 2.24) is 29.8 Å². The Morgan fingerprint density at radius 1 is 1.08 bits per heavy atom. The summed E-state index contributed by atoms with van der Waals surface area (Å²) in [7, 11) is 1.89. The summed E-state index contributed by atoms with van der Waals surface area (Å²) >= 11 is 0. The molecule has 4 aromatic rings. The zero-order valence-electron chi connectivity index (χ0n) is 22.1. The lowest BCUT2D eigenvalue weighted by Crippen LogP contribution is -2.43. The van der Waals surface area contributed by atoms with Crippen molar-refractivity contribution < 1.29 is 9.90 Å². The Bertz CT molecular complexity index is 1420. The van der Waals surface area contributed by atoms with Crippen molar-refractivity contribution >= 4 is 28.9 Å². The molecule has 10 heteroatoms. The Morgan fingerprint density at radius 2 is 1.79 bits per heavy atom. The van der Waals surface area contributed by atoms with Crippen LogP contribution in [0.2, 0.25) is 0 Å². The lowest BCUT2D eigenvalue weighted by atomic mass is 9.85. The fraction of sp³-hybridized carbons (Fsp3) is 0.379. The second kappa shape index (κ2) is 10.6. The van der Waals surface area contributed by atoms with Crippen molar-refractivity contribution in [1.29, 1.82) is 0 Å². The highest BCUT2D eigenvalue weighted by Gasteiger charge is 2.34. The number of carbonyl (C=O) groups excluding carboxylic acids is 1. The lowest BCUT2D eigenvalue weighted by Gasteiger charge is -2.39.